The molecule has 44 heavy (non-hydrogen) atoms. The number of benzene rings is 3. The van der Waals surface area contributed by atoms with Gasteiger partial charge in [-0.05, 0) is 80.8 Å². The lowest BCUT2D eigenvalue weighted by Crippen LogP contribution is -2.55. The van der Waals surface area contributed by atoms with Gasteiger partial charge < -0.3 is 29.7 Å². The summed E-state index contributed by atoms with van der Waals surface area (Å²) in [5.74, 6) is 1.29. The highest BCUT2D eigenvalue weighted by Gasteiger charge is 2.40. The molecule has 3 aromatic carbocycles. The van der Waals surface area contributed by atoms with Crippen molar-refractivity contribution < 1.29 is 23.8 Å². The first kappa shape index (κ1) is 33.7. The first-order valence-electron chi connectivity index (χ1n) is 14.6. The summed E-state index contributed by atoms with van der Waals surface area (Å²) in [4.78, 5) is 29.1. The molecule has 2 fully saturated rings. The number of methoxy groups -OCH3 is 1. The first-order chi connectivity index (χ1) is 20.8. The topological polar surface area (TPSA) is 89.1 Å². The number of rotatable bonds is 12. The van der Waals surface area contributed by atoms with Crippen molar-refractivity contribution >= 4 is 47.4 Å². The van der Waals surface area contributed by atoms with Crippen LogP contribution in [0.5, 0.6) is 17.2 Å². The molecule has 1 aliphatic carbocycles. The lowest BCUT2D eigenvalue weighted by molar-refractivity contribution is -0.138. The van der Waals surface area contributed by atoms with Crippen molar-refractivity contribution in [2.45, 2.75) is 44.8 Å². The average Bonchev–Trinajstić information content (AvgIpc) is 3.85. The van der Waals surface area contributed by atoms with E-state index in [1.54, 1.807) is 43.5 Å². The van der Waals surface area contributed by atoms with Crippen LogP contribution >= 0.6 is 35.6 Å². The average molecular weight is 663 g/mol. The molecule has 5 rings (SSSR count). The summed E-state index contributed by atoms with van der Waals surface area (Å²) < 4.78 is 17.0. The van der Waals surface area contributed by atoms with Gasteiger partial charge in [-0.25, -0.2) is 0 Å². The van der Waals surface area contributed by atoms with Gasteiger partial charge >= 0.3 is 0 Å². The molecule has 2 N–H and O–H groups in total. The van der Waals surface area contributed by atoms with Crippen molar-refractivity contribution in [1.29, 1.82) is 0 Å². The molecule has 2 amide bonds. The van der Waals surface area contributed by atoms with Gasteiger partial charge in [-0.2, -0.15) is 0 Å². The minimum atomic E-state index is -0.355. The molecule has 0 bridgehead atoms. The number of carbonyl (C=O) groups is 2. The molecule has 1 saturated carbocycles. The highest BCUT2D eigenvalue weighted by atomic mass is 35.5. The fraction of sp³-hybridized carbons (Fsp3) is 0.394. The Bertz CT molecular complexity index is 1410. The predicted octanol–water partition coefficient (Wildman–Crippen LogP) is 6.09. The van der Waals surface area contributed by atoms with E-state index in [9.17, 15) is 9.59 Å². The molecule has 11 heteroatoms. The number of amides is 2. The Balaban J connectivity index is 0.00000442. The van der Waals surface area contributed by atoms with E-state index >= 15 is 0 Å². The number of carbonyl (C=O) groups excluding carboxylic acids is 2. The molecule has 1 aliphatic heterocycles. The molecule has 2 atom stereocenters. The van der Waals surface area contributed by atoms with Gasteiger partial charge in [-0.3, -0.25) is 9.59 Å². The van der Waals surface area contributed by atoms with Crippen LogP contribution in [0, 0.1) is 12.8 Å². The van der Waals surface area contributed by atoms with Crippen LogP contribution in [0.4, 0.5) is 0 Å². The number of nitrogens with one attached hydrogen (secondary N) is 2. The Morgan fingerprint density at radius 3 is 2.34 bits per heavy atom. The number of halogens is 3. The van der Waals surface area contributed by atoms with Gasteiger partial charge in [0.05, 0.1) is 23.1 Å². The molecular weight excluding hydrogens is 625 g/mol. The number of para-hydroxylation sites is 1. The summed E-state index contributed by atoms with van der Waals surface area (Å²) in [7, 11) is 1.64. The van der Waals surface area contributed by atoms with Crippen molar-refractivity contribution in [3.63, 3.8) is 0 Å². The van der Waals surface area contributed by atoms with E-state index in [2.05, 4.69) is 10.6 Å². The second-order valence-corrected chi connectivity index (χ2v) is 11.8. The lowest BCUT2D eigenvalue weighted by atomic mass is 9.91. The number of piperidine rings is 1. The zero-order valence-electron chi connectivity index (χ0n) is 24.8. The van der Waals surface area contributed by atoms with Crippen LogP contribution in [-0.4, -0.2) is 62.2 Å². The van der Waals surface area contributed by atoms with E-state index in [0.717, 1.165) is 36.3 Å². The Morgan fingerprint density at radius 2 is 1.66 bits per heavy atom. The van der Waals surface area contributed by atoms with Crippen LogP contribution < -0.4 is 24.8 Å². The van der Waals surface area contributed by atoms with E-state index in [1.807, 2.05) is 36.1 Å². The second-order valence-electron chi connectivity index (χ2n) is 11.0. The molecular formula is C33H38Cl3N3O5. The quantitative estimate of drug-likeness (QED) is 0.228. The summed E-state index contributed by atoms with van der Waals surface area (Å²) in [5.41, 5.74) is 2.43. The number of ether oxygens (including phenoxy) is 3. The molecule has 1 saturated heterocycles. The predicted molar refractivity (Wildman–Crippen MR) is 175 cm³/mol. The van der Waals surface area contributed by atoms with Crippen LogP contribution in [0.2, 0.25) is 10.0 Å². The third-order valence-electron chi connectivity index (χ3n) is 7.78. The van der Waals surface area contributed by atoms with Crippen molar-refractivity contribution in [3.05, 3.63) is 87.4 Å². The van der Waals surface area contributed by atoms with Gasteiger partial charge in [-0.15, -0.1) is 12.4 Å². The van der Waals surface area contributed by atoms with Gasteiger partial charge in [0.1, 0.15) is 24.7 Å². The van der Waals surface area contributed by atoms with Crippen LogP contribution in [0.1, 0.15) is 40.7 Å². The fourth-order valence-corrected chi connectivity index (χ4v) is 6.08. The van der Waals surface area contributed by atoms with Gasteiger partial charge in [0.2, 0.25) is 5.91 Å². The number of aryl methyl sites for hydroxylation is 1. The minimum absolute atomic E-state index is 0. The summed E-state index contributed by atoms with van der Waals surface area (Å²) in [6, 6.07) is 18.3. The van der Waals surface area contributed by atoms with Gasteiger partial charge in [-0.1, -0.05) is 41.4 Å². The van der Waals surface area contributed by atoms with Gasteiger partial charge in [0, 0.05) is 36.3 Å². The van der Waals surface area contributed by atoms with E-state index in [0.29, 0.717) is 46.6 Å². The number of nitrogens with zero attached hydrogens (tertiary/aromatic N) is 1. The zero-order valence-corrected chi connectivity index (χ0v) is 27.1. The molecule has 1 heterocycles. The zero-order chi connectivity index (χ0) is 30.3. The standard InChI is InChI=1S/C33H37Cl2N3O5.ClH/c1-21-17-27(34)31(28(35)18-21)43-16-15-42-25-11-7-22(8-12-25)32(39)37-29-13-14-36-19-26(29)33(40)38(24-9-10-24)20-23-5-3-4-6-30(23)41-2;/h3-8,11-12,17-18,24,26,29,36H,9-10,13-16,19-20H2,1-2H3,(H,37,39);1H. The smallest absolute Gasteiger partial charge is 0.251 e. The SMILES string of the molecule is COc1ccccc1CN(C(=O)C1CNCCC1NC(=O)c1ccc(OCCOc2c(Cl)cc(C)cc2Cl)cc1)C1CC1.Cl. The van der Waals surface area contributed by atoms with Crippen LogP contribution in [-0.2, 0) is 11.3 Å². The Kier molecular flexibility index (Phi) is 12.0. The second kappa shape index (κ2) is 15.7. The number of hydrogen-bond donors (Lipinski definition) is 2. The fourth-order valence-electron chi connectivity index (χ4n) is 5.38. The maximum absolute atomic E-state index is 13.9. The normalized spacial score (nSPS) is 17.6. The minimum Gasteiger partial charge on any atom is -0.496 e. The van der Waals surface area contributed by atoms with Crippen molar-refractivity contribution in [1.82, 2.24) is 15.5 Å². The van der Waals surface area contributed by atoms with Crippen LogP contribution in [0.15, 0.2) is 60.7 Å². The lowest BCUT2D eigenvalue weighted by Gasteiger charge is -2.36. The van der Waals surface area contributed by atoms with Gasteiger partial charge in [0.25, 0.3) is 5.91 Å². The molecule has 8 nitrogen and oxygen atoms in total. The maximum atomic E-state index is 13.9. The highest BCUT2D eigenvalue weighted by Crippen LogP contribution is 2.34. The third kappa shape index (κ3) is 8.51. The summed E-state index contributed by atoms with van der Waals surface area (Å²) in [6.45, 7) is 4.18. The van der Waals surface area contributed by atoms with Crippen molar-refractivity contribution in [3.8, 4) is 17.2 Å². The van der Waals surface area contributed by atoms with E-state index in [4.69, 9.17) is 37.4 Å². The largest absolute Gasteiger partial charge is 0.496 e. The Morgan fingerprint density at radius 1 is 0.977 bits per heavy atom. The van der Waals surface area contributed by atoms with E-state index in [1.165, 1.54) is 0 Å². The highest BCUT2D eigenvalue weighted by molar-refractivity contribution is 6.37. The monoisotopic (exact) mass is 661 g/mol. The molecule has 0 spiro atoms. The molecule has 0 aromatic heterocycles. The van der Waals surface area contributed by atoms with E-state index in [-0.39, 0.29) is 55.4 Å². The molecule has 0 radical (unpaired) electrons. The first-order valence-corrected chi connectivity index (χ1v) is 15.3. The van der Waals surface area contributed by atoms with E-state index < -0.39 is 0 Å². The van der Waals surface area contributed by atoms with Gasteiger partial charge in [0.15, 0.2) is 5.75 Å². The Labute approximate surface area is 274 Å². The summed E-state index contributed by atoms with van der Waals surface area (Å²) in [5, 5.41) is 7.39. The van der Waals surface area contributed by atoms with Crippen molar-refractivity contribution in [2.75, 3.05) is 33.4 Å². The van der Waals surface area contributed by atoms with Crippen molar-refractivity contribution in [2.24, 2.45) is 5.92 Å². The summed E-state index contributed by atoms with van der Waals surface area (Å²) in [6.07, 6.45) is 2.66. The Hall–Kier alpha value is -3.17. The molecule has 236 valence electrons. The summed E-state index contributed by atoms with van der Waals surface area (Å²) >= 11 is 12.5. The molecule has 2 aliphatic rings. The number of hydrogen-bond acceptors (Lipinski definition) is 6. The molecule has 3 aromatic rings. The maximum Gasteiger partial charge on any atom is 0.251 e. The van der Waals surface area contributed by atoms with Crippen LogP contribution in [0.25, 0.3) is 0 Å². The molecule has 2 unspecified atom stereocenters. The van der Waals surface area contributed by atoms with Crippen LogP contribution in [0.3, 0.4) is 0 Å². The third-order valence-corrected chi connectivity index (χ3v) is 8.34.